The second-order valence-electron chi connectivity index (χ2n) is 4.65. The SMILES string of the molecule is NCC1C=C2c3ccccc3Oc3ncccc3N2O1. The zero-order chi connectivity index (χ0) is 13.5. The highest BCUT2D eigenvalue weighted by Crippen LogP contribution is 2.44. The molecule has 1 aromatic heterocycles. The maximum absolute atomic E-state index is 5.90. The molecule has 20 heavy (non-hydrogen) atoms. The van der Waals surface area contributed by atoms with Crippen molar-refractivity contribution in [1.82, 2.24) is 4.98 Å². The lowest BCUT2D eigenvalue weighted by Crippen LogP contribution is -2.25. The van der Waals surface area contributed by atoms with Crippen LogP contribution in [0.5, 0.6) is 11.6 Å². The fourth-order valence-corrected chi connectivity index (χ4v) is 2.45. The van der Waals surface area contributed by atoms with E-state index in [4.69, 9.17) is 15.3 Å². The van der Waals surface area contributed by atoms with E-state index in [0.717, 1.165) is 22.7 Å². The number of nitrogens with zero attached hydrogens (tertiary/aromatic N) is 2. The molecule has 1 unspecified atom stereocenters. The zero-order valence-electron chi connectivity index (χ0n) is 10.7. The van der Waals surface area contributed by atoms with Gasteiger partial charge in [0.25, 0.3) is 0 Å². The van der Waals surface area contributed by atoms with Crippen molar-refractivity contribution in [2.24, 2.45) is 5.73 Å². The molecular weight excluding hydrogens is 254 g/mol. The second kappa shape index (κ2) is 4.33. The summed E-state index contributed by atoms with van der Waals surface area (Å²) >= 11 is 0. The van der Waals surface area contributed by atoms with Crippen molar-refractivity contribution in [3.05, 3.63) is 54.2 Å². The molecule has 0 radical (unpaired) electrons. The molecule has 5 nitrogen and oxygen atoms in total. The van der Waals surface area contributed by atoms with Gasteiger partial charge in [-0.25, -0.2) is 10.0 Å². The summed E-state index contributed by atoms with van der Waals surface area (Å²) in [5, 5.41) is 1.76. The van der Waals surface area contributed by atoms with E-state index in [1.165, 1.54) is 0 Å². The van der Waals surface area contributed by atoms with Crippen LogP contribution in [0, 0.1) is 0 Å². The lowest BCUT2D eigenvalue weighted by molar-refractivity contribution is 0.110. The molecule has 5 heteroatoms. The van der Waals surface area contributed by atoms with Crippen molar-refractivity contribution in [3.8, 4) is 11.6 Å². The number of hydrogen-bond donors (Lipinski definition) is 1. The van der Waals surface area contributed by atoms with Gasteiger partial charge < -0.3 is 10.5 Å². The molecule has 2 N–H and O–H groups in total. The Balaban J connectivity index is 1.95. The van der Waals surface area contributed by atoms with Gasteiger partial charge in [-0.3, -0.25) is 4.84 Å². The average molecular weight is 267 g/mol. The maximum Gasteiger partial charge on any atom is 0.245 e. The topological polar surface area (TPSA) is 60.6 Å². The van der Waals surface area contributed by atoms with Crippen molar-refractivity contribution in [2.45, 2.75) is 6.10 Å². The number of fused-ring (bicyclic) bond motifs is 5. The van der Waals surface area contributed by atoms with Crippen LogP contribution in [0.1, 0.15) is 5.56 Å². The van der Waals surface area contributed by atoms with Crippen LogP contribution in [0.25, 0.3) is 5.70 Å². The van der Waals surface area contributed by atoms with Crippen LogP contribution in [0.2, 0.25) is 0 Å². The number of anilines is 1. The van der Waals surface area contributed by atoms with E-state index in [2.05, 4.69) is 4.98 Å². The van der Waals surface area contributed by atoms with Crippen LogP contribution in [0.15, 0.2) is 48.7 Å². The Morgan fingerprint density at radius 2 is 2.10 bits per heavy atom. The highest BCUT2D eigenvalue weighted by Gasteiger charge is 2.33. The number of pyridine rings is 1. The minimum Gasteiger partial charge on any atom is -0.436 e. The number of para-hydroxylation sites is 1. The first-order chi connectivity index (χ1) is 9.86. The molecule has 4 rings (SSSR count). The third-order valence-corrected chi connectivity index (χ3v) is 3.38. The predicted molar refractivity (Wildman–Crippen MR) is 75.1 cm³/mol. The van der Waals surface area contributed by atoms with Crippen molar-refractivity contribution in [2.75, 3.05) is 11.6 Å². The molecule has 0 spiro atoms. The van der Waals surface area contributed by atoms with E-state index in [9.17, 15) is 0 Å². The van der Waals surface area contributed by atoms with E-state index in [1.54, 1.807) is 11.3 Å². The Bertz CT molecular complexity index is 699. The fraction of sp³-hybridized carbons (Fsp3) is 0.133. The molecule has 0 amide bonds. The molecule has 2 aromatic rings. The number of aromatic nitrogens is 1. The summed E-state index contributed by atoms with van der Waals surface area (Å²) in [5.41, 5.74) is 8.43. The monoisotopic (exact) mass is 267 g/mol. The van der Waals surface area contributed by atoms with Crippen LogP contribution >= 0.6 is 0 Å². The molecular formula is C15H13N3O2. The predicted octanol–water partition coefficient (Wildman–Crippen LogP) is 2.31. The van der Waals surface area contributed by atoms with Gasteiger partial charge in [0.05, 0.1) is 5.70 Å². The Labute approximate surface area is 116 Å². The Kier molecular flexibility index (Phi) is 2.48. The summed E-state index contributed by atoms with van der Waals surface area (Å²) in [6, 6.07) is 11.6. The van der Waals surface area contributed by atoms with Crippen molar-refractivity contribution >= 4 is 11.4 Å². The summed E-state index contributed by atoms with van der Waals surface area (Å²) < 4.78 is 5.90. The van der Waals surface area contributed by atoms with Gasteiger partial charge in [-0.2, -0.15) is 0 Å². The first-order valence-corrected chi connectivity index (χ1v) is 6.48. The van der Waals surface area contributed by atoms with Gasteiger partial charge in [-0.05, 0) is 30.3 Å². The van der Waals surface area contributed by atoms with Crippen LogP contribution in [0.4, 0.5) is 5.69 Å². The van der Waals surface area contributed by atoms with Gasteiger partial charge >= 0.3 is 0 Å². The molecule has 1 atom stereocenters. The van der Waals surface area contributed by atoms with Gasteiger partial charge in [0.2, 0.25) is 5.88 Å². The minimum atomic E-state index is -0.135. The van der Waals surface area contributed by atoms with E-state index in [-0.39, 0.29) is 6.10 Å². The van der Waals surface area contributed by atoms with Crippen molar-refractivity contribution in [3.63, 3.8) is 0 Å². The van der Waals surface area contributed by atoms with Crippen molar-refractivity contribution in [1.29, 1.82) is 0 Å². The third-order valence-electron chi connectivity index (χ3n) is 3.38. The molecule has 0 aliphatic carbocycles. The number of ether oxygens (including phenoxy) is 1. The molecule has 2 aliphatic heterocycles. The quantitative estimate of drug-likeness (QED) is 0.859. The molecule has 100 valence electrons. The summed E-state index contributed by atoms with van der Waals surface area (Å²) in [7, 11) is 0. The normalized spacial score (nSPS) is 19.4. The average Bonchev–Trinajstić information content (AvgIpc) is 2.87. The Morgan fingerprint density at radius 3 is 3.00 bits per heavy atom. The van der Waals surface area contributed by atoms with Gasteiger partial charge in [0.1, 0.15) is 17.5 Å². The van der Waals surface area contributed by atoms with Crippen LogP contribution in [-0.2, 0) is 4.84 Å². The molecule has 2 aliphatic rings. The number of nitrogens with two attached hydrogens (primary N) is 1. The summed E-state index contributed by atoms with van der Waals surface area (Å²) in [6.07, 6.45) is 3.58. The molecule has 3 heterocycles. The van der Waals surface area contributed by atoms with Crippen LogP contribution in [0.3, 0.4) is 0 Å². The molecule has 1 aromatic carbocycles. The second-order valence-corrected chi connectivity index (χ2v) is 4.65. The van der Waals surface area contributed by atoms with E-state index >= 15 is 0 Å². The van der Waals surface area contributed by atoms with Gasteiger partial charge in [-0.15, -0.1) is 0 Å². The first kappa shape index (κ1) is 11.5. The van der Waals surface area contributed by atoms with Crippen molar-refractivity contribution < 1.29 is 9.57 Å². The van der Waals surface area contributed by atoms with Gasteiger partial charge in [0, 0.05) is 18.3 Å². The first-order valence-electron chi connectivity index (χ1n) is 6.48. The van der Waals surface area contributed by atoms with E-state index in [0.29, 0.717) is 12.4 Å². The Hall–Kier alpha value is -2.37. The zero-order valence-corrected chi connectivity index (χ0v) is 10.7. The van der Waals surface area contributed by atoms with E-state index < -0.39 is 0 Å². The number of benzene rings is 1. The largest absolute Gasteiger partial charge is 0.436 e. The lowest BCUT2D eigenvalue weighted by atomic mass is 10.1. The fourth-order valence-electron chi connectivity index (χ4n) is 2.45. The summed E-state index contributed by atoms with van der Waals surface area (Å²) in [4.78, 5) is 10.2. The lowest BCUT2D eigenvalue weighted by Gasteiger charge is -2.20. The van der Waals surface area contributed by atoms with Crippen LogP contribution in [-0.4, -0.2) is 17.6 Å². The molecule has 0 bridgehead atoms. The summed E-state index contributed by atoms with van der Waals surface area (Å²) in [5.74, 6) is 1.29. The minimum absolute atomic E-state index is 0.135. The van der Waals surface area contributed by atoms with Gasteiger partial charge in [-0.1, -0.05) is 12.1 Å². The smallest absolute Gasteiger partial charge is 0.245 e. The maximum atomic E-state index is 5.90. The van der Waals surface area contributed by atoms with Gasteiger partial charge in [0.15, 0.2) is 0 Å². The van der Waals surface area contributed by atoms with Crippen LogP contribution < -0.4 is 15.5 Å². The summed E-state index contributed by atoms with van der Waals surface area (Å²) in [6.45, 7) is 0.429. The number of rotatable bonds is 1. The standard InChI is InChI=1S/C15H13N3O2/c16-9-10-8-13-11-4-1-2-6-14(11)19-15-12(18(13)20-10)5-3-7-17-15/h1-8,10H,9,16H2. The number of hydrogen-bond acceptors (Lipinski definition) is 5. The third kappa shape index (κ3) is 1.61. The molecule has 0 saturated heterocycles. The molecule has 0 saturated carbocycles. The molecule has 0 fully saturated rings. The number of hydroxylamine groups is 1. The highest BCUT2D eigenvalue weighted by atomic mass is 16.7. The Morgan fingerprint density at radius 1 is 1.20 bits per heavy atom. The van der Waals surface area contributed by atoms with E-state index in [1.807, 2.05) is 42.5 Å². The highest BCUT2D eigenvalue weighted by molar-refractivity contribution is 5.85.